The van der Waals surface area contributed by atoms with Gasteiger partial charge in [-0.15, -0.1) is 0 Å². The predicted molar refractivity (Wildman–Crippen MR) is 59.6 cm³/mol. The number of hydrogen-bond acceptors (Lipinski definition) is 1. The second-order valence-electron chi connectivity index (χ2n) is 3.65. The van der Waals surface area contributed by atoms with E-state index in [2.05, 4.69) is 5.32 Å². The van der Waals surface area contributed by atoms with E-state index >= 15 is 0 Å². The Kier molecular flexibility index (Phi) is 3.49. The van der Waals surface area contributed by atoms with Crippen LogP contribution in [0.1, 0.15) is 5.56 Å². The molecular weight excluding hydrogens is 196 g/mol. The molecule has 0 aromatic heterocycles. The van der Waals surface area contributed by atoms with E-state index in [0.29, 0.717) is 0 Å². The molecule has 0 radical (unpaired) electrons. The molecule has 0 unspecified atom stereocenters. The van der Waals surface area contributed by atoms with Crippen LogP contribution >= 0.6 is 7.92 Å². The summed E-state index contributed by atoms with van der Waals surface area (Å²) in [5.74, 6) is -0.133. The summed E-state index contributed by atoms with van der Waals surface area (Å²) < 4.78 is 12.7. The second kappa shape index (κ2) is 4.86. The number of halogens is 1. The third-order valence-electron chi connectivity index (χ3n) is 2.53. The molecule has 1 saturated heterocycles. The number of nitrogens with one attached hydrogen (secondary N) is 1. The molecule has 76 valence electrons. The lowest BCUT2D eigenvalue weighted by molar-refractivity contribution is 0.627. The Hall–Kier alpha value is -0.460. The quantitative estimate of drug-likeness (QED) is 0.741. The zero-order valence-electron chi connectivity index (χ0n) is 8.17. The van der Waals surface area contributed by atoms with Gasteiger partial charge in [0.1, 0.15) is 5.82 Å². The van der Waals surface area contributed by atoms with Crippen LogP contribution in [0, 0.1) is 5.82 Å². The molecular formula is C11H15FNP. The maximum absolute atomic E-state index is 12.7. The lowest BCUT2D eigenvalue weighted by Gasteiger charge is -2.23. The molecule has 0 spiro atoms. The number of rotatable bonds is 2. The first-order chi connectivity index (χ1) is 6.84. The summed E-state index contributed by atoms with van der Waals surface area (Å²) in [4.78, 5) is 0. The summed E-state index contributed by atoms with van der Waals surface area (Å²) >= 11 is 0. The molecule has 3 heteroatoms. The molecule has 1 fully saturated rings. The van der Waals surface area contributed by atoms with Gasteiger partial charge in [-0.3, -0.25) is 0 Å². The second-order valence-corrected chi connectivity index (χ2v) is 6.20. The highest BCUT2D eigenvalue weighted by Gasteiger charge is 2.12. The highest BCUT2D eigenvalue weighted by molar-refractivity contribution is 7.56. The molecule has 0 bridgehead atoms. The van der Waals surface area contributed by atoms with Crippen molar-refractivity contribution in [3.8, 4) is 0 Å². The Morgan fingerprint density at radius 1 is 1.14 bits per heavy atom. The fourth-order valence-corrected chi connectivity index (χ4v) is 3.93. The van der Waals surface area contributed by atoms with Gasteiger partial charge in [0.2, 0.25) is 0 Å². The number of benzene rings is 1. The van der Waals surface area contributed by atoms with Gasteiger partial charge in [0.25, 0.3) is 0 Å². The van der Waals surface area contributed by atoms with Crippen molar-refractivity contribution in [1.82, 2.24) is 5.32 Å². The first-order valence-electron chi connectivity index (χ1n) is 5.02. The van der Waals surface area contributed by atoms with Crippen molar-refractivity contribution < 1.29 is 4.39 Å². The van der Waals surface area contributed by atoms with Gasteiger partial charge in [-0.05, 0) is 49.3 Å². The van der Waals surface area contributed by atoms with E-state index in [9.17, 15) is 4.39 Å². The Labute approximate surface area is 85.5 Å². The minimum Gasteiger partial charge on any atom is -0.316 e. The molecule has 1 heterocycles. The van der Waals surface area contributed by atoms with Gasteiger partial charge in [-0.2, -0.15) is 0 Å². The standard InChI is InChI=1S/C11H15FNP/c12-11-3-1-10(2-4-11)9-14-7-5-13-6-8-14/h1-4,13H,5-9H2. The van der Waals surface area contributed by atoms with Crippen molar-refractivity contribution in [2.24, 2.45) is 0 Å². The smallest absolute Gasteiger partial charge is 0.123 e. The van der Waals surface area contributed by atoms with Gasteiger partial charge in [0.15, 0.2) is 0 Å². The average molecular weight is 211 g/mol. The molecule has 2 rings (SSSR count). The highest BCUT2D eigenvalue weighted by atomic mass is 31.1. The Morgan fingerprint density at radius 2 is 1.79 bits per heavy atom. The van der Waals surface area contributed by atoms with Crippen LogP contribution < -0.4 is 5.32 Å². The molecule has 0 saturated carbocycles. The molecule has 1 N–H and O–H groups in total. The van der Waals surface area contributed by atoms with Crippen LogP contribution in [0.3, 0.4) is 0 Å². The molecule has 14 heavy (non-hydrogen) atoms. The molecule has 1 aromatic rings. The minimum absolute atomic E-state index is 0.133. The fourth-order valence-electron chi connectivity index (χ4n) is 1.72. The lowest BCUT2D eigenvalue weighted by Crippen LogP contribution is -2.27. The van der Waals surface area contributed by atoms with Crippen molar-refractivity contribution in [2.75, 3.05) is 25.4 Å². The van der Waals surface area contributed by atoms with Crippen LogP contribution in [-0.4, -0.2) is 25.4 Å². The van der Waals surface area contributed by atoms with Crippen LogP contribution in [0.15, 0.2) is 24.3 Å². The topological polar surface area (TPSA) is 12.0 Å². The van der Waals surface area contributed by atoms with E-state index in [1.54, 1.807) is 12.1 Å². The van der Waals surface area contributed by atoms with Gasteiger partial charge in [-0.25, -0.2) is 4.39 Å². The monoisotopic (exact) mass is 211 g/mol. The minimum atomic E-state index is -0.133. The van der Waals surface area contributed by atoms with Gasteiger partial charge in [0.05, 0.1) is 0 Å². The Balaban J connectivity index is 1.92. The van der Waals surface area contributed by atoms with Crippen molar-refractivity contribution in [3.05, 3.63) is 35.6 Å². The average Bonchev–Trinajstić information content (AvgIpc) is 2.23. The van der Waals surface area contributed by atoms with Gasteiger partial charge in [0, 0.05) is 0 Å². The zero-order valence-corrected chi connectivity index (χ0v) is 9.06. The van der Waals surface area contributed by atoms with E-state index in [0.717, 1.165) is 19.3 Å². The lowest BCUT2D eigenvalue weighted by atomic mass is 10.2. The van der Waals surface area contributed by atoms with E-state index < -0.39 is 0 Å². The van der Waals surface area contributed by atoms with Crippen molar-refractivity contribution in [3.63, 3.8) is 0 Å². The molecule has 0 amide bonds. The van der Waals surface area contributed by atoms with Crippen molar-refractivity contribution >= 4 is 7.92 Å². The Bertz CT molecular complexity index is 280. The SMILES string of the molecule is Fc1ccc(CP2CCNCC2)cc1. The molecule has 1 aliphatic heterocycles. The molecule has 1 aromatic carbocycles. The third kappa shape index (κ3) is 2.76. The maximum Gasteiger partial charge on any atom is 0.123 e. The molecule has 1 nitrogen and oxygen atoms in total. The van der Waals surface area contributed by atoms with Crippen molar-refractivity contribution in [2.45, 2.75) is 6.16 Å². The highest BCUT2D eigenvalue weighted by Crippen LogP contribution is 2.39. The molecule has 0 aliphatic carbocycles. The van der Waals surface area contributed by atoms with E-state index in [1.807, 2.05) is 12.1 Å². The maximum atomic E-state index is 12.7. The fraction of sp³-hybridized carbons (Fsp3) is 0.455. The summed E-state index contributed by atoms with van der Waals surface area (Å²) in [7, 11) is 0.157. The normalized spacial score (nSPS) is 18.4. The van der Waals surface area contributed by atoms with Crippen LogP contribution in [0.2, 0.25) is 0 Å². The first-order valence-corrected chi connectivity index (χ1v) is 6.92. The van der Waals surface area contributed by atoms with Crippen LogP contribution in [0.4, 0.5) is 4.39 Å². The Morgan fingerprint density at radius 3 is 2.43 bits per heavy atom. The molecule has 1 aliphatic rings. The predicted octanol–water partition coefficient (Wildman–Crippen LogP) is 2.41. The van der Waals surface area contributed by atoms with Crippen LogP contribution in [0.5, 0.6) is 0 Å². The zero-order chi connectivity index (χ0) is 9.80. The summed E-state index contributed by atoms with van der Waals surface area (Å²) in [6.45, 7) is 2.32. The van der Waals surface area contributed by atoms with E-state index in [1.165, 1.54) is 17.9 Å². The van der Waals surface area contributed by atoms with Gasteiger partial charge >= 0.3 is 0 Å². The van der Waals surface area contributed by atoms with E-state index in [4.69, 9.17) is 0 Å². The van der Waals surface area contributed by atoms with Crippen LogP contribution in [-0.2, 0) is 6.16 Å². The van der Waals surface area contributed by atoms with Gasteiger partial charge in [-0.1, -0.05) is 20.1 Å². The largest absolute Gasteiger partial charge is 0.316 e. The third-order valence-corrected chi connectivity index (χ3v) is 5.05. The summed E-state index contributed by atoms with van der Waals surface area (Å²) in [6.07, 6.45) is 3.79. The van der Waals surface area contributed by atoms with Gasteiger partial charge < -0.3 is 5.32 Å². The summed E-state index contributed by atoms with van der Waals surface area (Å²) in [5.41, 5.74) is 1.29. The van der Waals surface area contributed by atoms with Crippen LogP contribution in [0.25, 0.3) is 0 Å². The first kappa shape index (κ1) is 10.1. The summed E-state index contributed by atoms with van der Waals surface area (Å²) in [6, 6.07) is 6.96. The van der Waals surface area contributed by atoms with E-state index in [-0.39, 0.29) is 13.7 Å². The molecule has 0 atom stereocenters. The summed E-state index contributed by atoms with van der Waals surface area (Å²) in [5, 5.41) is 3.37. The number of hydrogen-bond donors (Lipinski definition) is 1. The van der Waals surface area contributed by atoms with Crippen molar-refractivity contribution in [1.29, 1.82) is 0 Å².